The Kier molecular flexibility index (Phi) is 3.91. The standard InChI is InChI=1S/C15H23FN2/c1-10-6-5-9-18(12(10)3)14-8-4-7-13(16)15(14)11(2)17/h4,7-8,10-12H,5-6,9,17H2,1-3H3/t10?,11-,12?/m0/s1. The number of rotatable bonds is 2. The molecular formula is C15H23FN2. The van der Waals surface area contributed by atoms with E-state index in [-0.39, 0.29) is 11.9 Å². The van der Waals surface area contributed by atoms with Crippen molar-refractivity contribution in [3.63, 3.8) is 0 Å². The van der Waals surface area contributed by atoms with Crippen LogP contribution in [-0.2, 0) is 0 Å². The number of hydrogen-bond donors (Lipinski definition) is 1. The molecule has 3 atom stereocenters. The average molecular weight is 250 g/mol. The van der Waals surface area contributed by atoms with Crippen molar-refractivity contribution in [2.24, 2.45) is 11.7 Å². The lowest BCUT2D eigenvalue weighted by atomic mass is 9.90. The van der Waals surface area contributed by atoms with Crippen LogP contribution in [0.1, 0.15) is 45.2 Å². The highest BCUT2D eigenvalue weighted by molar-refractivity contribution is 5.56. The summed E-state index contributed by atoms with van der Waals surface area (Å²) in [4.78, 5) is 2.32. The molecule has 0 radical (unpaired) electrons. The first-order chi connectivity index (χ1) is 8.52. The van der Waals surface area contributed by atoms with Crippen LogP contribution in [0.4, 0.5) is 10.1 Å². The molecule has 3 heteroatoms. The molecule has 1 saturated heterocycles. The highest BCUT2D eigenvalue weighted by atomic mass is 19.1. The van der Waals surface area contributed by atoms with Gasteiger partial charge in [0, 0.05) is 29.9 Å². The summed E-state index contributed by atoms with van der Waals surface area (Å²) in [5.74, 6) is 0.455. The number of benzene rings is 1. The van der Waals surface area contributed by atoms with E-state index in [4.69, 9.17) is 5.73 Å². The van der Waals surface area contributed by atoms with Crippen LogP contribution >= 0.6 is 0 Å². The summed E-state index contributed by atoms with van der Waals surface area (Å²) >= 11 is 0. The third-order valence-corrected chi connectivity index (χ3v) is 4.17. The predicted molar refractivity (Wildman–Crippen MR) is 74.2 cm³/mol. The molecule has 1 aromatic rings. The normalized spacial score (nSPS) is 26.2. The molecule has 0 saturated carbocycles. The van der Waals surface area contributed by atoms with Gasteiger partial charge in [-0.25, -0.2) is 4.39 Å². The summed E-state index contributed by atoms with van der Waals surface area (Å²) in [5, 5.41) is 0. The largest absolute Gasteiger partial charge is 0.368 e. The molecule has 18 heavy (non-hydrogen) atoms. The highest BCUT2D eigenvalue weighted by Crippen LogP contribution is 2.34. The Labute approximate surface area is 109 Å². The van der Waals surface area contributed by atoms with Crippen molar-refractivity contribution < 1.29 is 4.39 Å². The van der Waals surface area contributed by atoms with Gasteiger partial charge >= 0.3 is 0 Å². The summed E-state index contributed by atoms with van der Waals surface area (Å²) in [5.41, 5.74) is 7.56. The van der Waals surface area contributed by atoms with E-state index in [9.17, 15) is 4.39 Å². The molecule has 0 spiro atoms. The van der Waals surface area contributed by atoms with Crippen molar-refractivity contribution in [3.05, 3.63) is 29.6 Å². The van der Waals surface area contributed by atoms with E-state index >= 15 is 0 Å². The molecule has 100 valence electrons. The minimum atomic E-state index is -0.273. The number of nitrogens with zero attached hydrogens (tertiary/aromatic N) is 1. The zero-order chi connectivity index (χ0) is 13.3. The Morgan fingerprint density at radius 2 is 2.11 bits per heavy atom. The van der Waals surface area contributed by atoms with Gasteiger partial charge in [0.15, 0.2) is 0 Å². The second kappa shape index (κ2) is 5.27. The van der Waals surface area contributed by atoms with Gasteiger partial charge in [0.25, 0.3) is 0 Å². The summed E-state index contributed by atoms with van der Waals surface area (Å²) < 4.78 is 14.0. The lowest BCUT2D eigenvalue weighted by Gasteiger charge is -2.41. The molecule has 0 aliphatic carbocycles. The smallest absolute Gasteiger partial charge is 0.130 e. The van der Waals surface area contributed by atoms with Crippen molar-refractivity contribution in [3.8, 4) is 0 Å². The second-order valence-corrected chi connectivity index (χ2v) is 5.51. The summed E-state index contributed by atoms with van der Waals surface area (Å²) in [6.45, 7) is 7.33. The molecular weight excluding hydrogens is 227 g/mol. The minimum absolute atomic E-state index is 0.187. The van der Waals surface area contributed by atoms with Crippen LogP contribution in [0.15, 0.2) is 18.2 Å². The van der Waals surface area contributed by atoms with E-state index in [1.165, 1.54) is 18.9 Å². The molecule has 1 aliphatic rings. The SMILES string of the molecule is CC1CCCN(c2cccc(F)c2[C@H](C)N)C1C. The van der Waals surface area contributed by atoms with Crippen molar-refractivity contribution in [1.29, 1.82) is 0 Å². The van der Waals surface area contributed by atoms with Crippen LogP contribution in [0.25, 0.3) is 0 Å². The van der Waals surface area contributed by atoms with E-state index in [1.807, 2.05) is 13.0 Å². The Hall–Kier alpha value is -1.09. The molecule has 2 nitrogen and oxygen atoms in total. The summed E-state index contributed by atoms with van der Waals surface area (Å²) in [6, 6.07) is 5.45. The van der Waals surface area contributed by atoms with Crippen molar-refractivity contribution in [2.45, 2.75) is 45.7 Å². The average Bonchev–Trinajstić information content (AvgIpc) is 2.32. The molecule has 1 aliphatic heterocycles. The van der Waals surface area contributed by atoms with E-state index in [0.29, 0.717) is 17.5 Å². The van der Waals surface area contributed by atoms with Gasteiger partial charge in [0.05, 0.1) is 0 Å². The number of hydrogen-bond acceptors (Lipinski definition) is 2. The first kappa shape index (κ1) is 13.3. The van der Waals surface area contributed by atoms with Gasteiger partial charge in [-0.05, 0) is 44.7 Å². The fraction of sp³-hybridized carbons (Fsp3) is 0.600. The van der Waals surface area contributed by atoms with Crippen LogP contribution in [-0.4, -0.2) is 12.6 Å². The molecule has 1 heterocycles. The minimum Gasteiger partial charge on any atom is -0.368 e. The Bertz CT molecular complexity index is 417. The first-order valence-corrected chi connectivity index (χ1v) is 6.83. The zero-order valence-electron chi connectivity index (χ0n) is 11.5. The molecule has 1 aromatic carbocycles. The van der Waals surface area contributed by atoms with Crippen LogP contribution in [0.3, 0.4) is 0 Å². The molecule has 0 amide bonds. The van der Waals surface area contributed by atoms with E-state index in [2.05, 4.69) is 18.7 Å². The molecule has 2 N–H and O–H groups in total. The third kappa shape index (κ3) is 2.37. The van der Waals surface area contributed by atoms with Crippen molar-refractivity contribution in [2.75, 3.05) is 11.4 Å². The first-order valence-electron chi connectivity index (χ1n) is 6.83. The van der Waals surface area contributed by atoms with E-state index < -0.39 is 0 Å². The maximum atomic E-state index is 14.0. The number of piperidine rings is 1. The quantitative estimate of drug-likeness (QED) is 0.871. The molecule has 2 rings (SSSR count). The lowest BCUT2D eigenvalue weighted by molar-refractivity contribution is 0.362. The van der Waals surface area contributed by atoms with Gasteiger partial charge in [0.2, 0.25) is 0 Å². The van der Waals surface area contributed by atoms with Gasteiger partial charge in [-0.3, -0.25) is 0 Å². The Morgan fingerprint density at radius 3 is 2.78 bits per heavy atom. The fourth-order valence-corrected chi connectivity index (χ4v) is 2.90. The fourth-order valence-electron chi connectivity index (χ4n) is 2.90. The molecule has 0 aromatic heterocycles. The van der Waals surface area contributed by atoms with Crippen molar-refractivity contribution >= 4 is 5.69 Å². The van der Waals surface area contributed by atoms with Gasteiger partial charge in [0.1, 0.15) is 5.82 Å². The zero-order valence-corrected chi connectivity index (χ0v) is 11.5. The maximum absolute atomic E-state index is 14.0. The van der Waals surface area contributed by atoms with Crippen LogP contribution in [0.5, 0.6) is 0 Å². The number of halogens is 1. The van der Waals surface area contributed by atoms with Crippen LogP contribution < -0.4 is 10.6 Å². The van der Waals surface area contributed by atoms with E-state index in [1.54, 1.807) is 6.07 Å². The third-order valence-electron chi connectivity index (χ3n) is 4.17. The van der Waals surface area contributed by atoms with Crippen molar-refractivity contribution in [1.82, 2.24) is 0 Å². The Morgan fingerprint density at radius 1 is 1.39 bits per heavy atom. The van der Waals surface area contributed by atoms with Gasteiger partial charge in [-0.2, -0.15) is 0 Å². The van der Waals surface area contributed by atoms with Crippen LogP contribution in [0.2, 0.25) is 0 Å². The Balaban J connectivity index is 2.41. The summed E-state index contributed by atoms with van der Waals surface area (Å²) in [7, 11) is 0. The molecule has 1 fully saturated rings. The highest BCUT2D eigenvalue weighted by Gasteiger charge is 2.27. The van der Waals surface area contributed by atoms with Gasteiger partial charge < -0.3 is 10.6 Å². The van der Waals surface area contributed by atoms with Crippen LogP contribution in [0, 0.1) is 11.7 Å². The van der Waals surface area contributed by atoms with Gasteiger partial charge in [-0.15, -0.1) is 0 Å². The molecule has 0 bridgehead atoms. The topological polar surface area (TPSA) is 29.3 Å². The molecule has 2 unspecified atom stereocenters. The van der Waals surface area contributed by atoms with Gasteiger partial charge in [-0.1, -0.05) is 13.0 Å². The number of nitrogens with two attached hydrogens (primary N) is 1. The lowest BCUT2D eigenvalue weighted by Crippen LogP contribution is -2.43. The maximum Gasteiger partial charge on any atom is 0.130 e. The monoisotopic (exact) mass is 250 g/mol. The summed E-state index contributed by atoms with van der Waals surface area (Å²) in [6.07, 6.45) is 2.42. The van der Waals surface area contributed by atoms with E-state index in [0.717, 1.165) is 12.2 Å². The second-order valence-electron chi connectivity index (χ2n) is 5.51. The number of anilines is 1. The predicted octanol–water partition coefficient (Wildman–Crippen LogP) is 3.47.